The summed E-state index contributed by atoms with van der Waals surface area (Å²) in [5, 5.41) is 0. The topological polar surface area (TPSA) is 77.7 Å². The minimum Gasteiger partial charge on any atom is -0.484 e. The zero-order valence-electron chi connectivity index (χ0n) is 15.0. The first kappa shape index (κ1) is 18.2. The van der Waals surface area contributed by atoms with Crippen LogP contribution in [0.4, 0.5) is 0 Å². The standard InChI is InChI=1S/C20H25N3O3/c1-15(21)18-6-3-5-13-23(18)20(24)14-25-16-8-10-17(11-9-16)26-19-7-2-4-12-22-19/h2,4,7-12,15,18H,3,5-6,13-14,21H2,1H3. The van der Waals surface area contributed by atoms with Gasteiger partial charge in [0.2, 0.25) is 5.88 Å². The second-order valence-electron chi connectivity index (χ2n) is 6.54. The fraction of sp³-hybridized carbons (Fsp3) is 0.400. The number of ether oxygens (including phenoxy) is 2. The van der Waals surface area contributed by atoms with Crippen LogP contribution in [0.15, 0.2) is 48.7 Å². The highest BCUT2D eigenvalue weighted by Crippen LogP contribution is 2.23. The third-order valence-electron chi connectivity index (χ3n) is 4.52. The highest BCUT2D eigenvalue weighted by Gasteiger charge is 2.29. The van der Waals surface area contributed by atoms with Crippen molar-refractivity contribution in [2.45, 2.75) is 38.3 Å². The Bertz CT molecular complexity index is 704. The normalized spacial score (nSPS) is 18.2. The fourth-order valence-corrected chi connectivity index (χ4v) is 3.17. The number of carbonyl (C=O) groups excluding carboxylic acids is 1. The molecule has 2 unspecified atom stereocenters. The van der Waals surface area contributed by atoms with E-state index in [0.717, 1.165) is 25.8 Å². The number of rotatable bonds is 6. The number of aromatic nitrogens is 1. The third kappa shape index (κ3) is 4.73. The van der Waals surface area contributed by atoms with Crippen LogP contribution in [0.1, 0.15) is 26.2 Å². The molecule has 3 rings (SSSR count). The van der Waals surface area contributed by atoms with E-state index in [0.29, 0.717) is 17.4 Å². The second kappa shape index (κ2) is 8.67. The molecule has 2 aromatic rings. The van der Waals surface area contributed by atoms with Crippen LogP contribution in [-0.4, -0.2) is 41.0 Å². The molecule has 138 valence electrons. The zero-order valence-corrected chi connectivity index (χ0v) is 15.0. The number of hydrogen-bond acceptors (Lipinski definition) is 5. The minimum absolute atomic E-state index is 0.0131. The number of nitrogens with zero attached hydrogens (tertiary/aromatic N) is 2. The molecule has 1 aliphatic heterocycles. The first-order chi connectivity index (χ1) is 12.6. The third-order valence-corrected chi connectivity index (χ3v) is 4.52. The molecule has 2 atom stereocenters. The van der Waals surface area contributed by atoms with Gasteiger partial charge in [-0.1, -0.05) is 6.07 Å². The number of amides is 1. The molecule has 1 amide bonds. The highest BCUT2D eigenvalue weighted by molar-refractivity contribution is 5.78. The maximum Gasteiger partial charge on any atom is 0.260 e. The summed E-state index contributed by atoms with van der Waals surface area (Å²) in [4.78, 5) is 18.5. The van der Waals surface area contributed by atoms with E-state index in [2.05, 4.69) is 4.98 Å². The smallest absolute Gasteiger partial charge is 0.260 e. The fourth-order valence-electron chi connectivity index (χ4n) is 3.17. The number of likely N-dealkylation sites (tertiary alicyclic amines) is 1. The summed E-state index contributed by atoms with van der Waals surface area (Å²) in [5.74, 6) is 1.81. The number of nitrogens with two attached hydrogens (primary N) is 1. The van der Waals surface area contributed by atoms with Gasteiger partial charge >= 0.3 is 0 Å². The molecule has 2 heterocycles. The molecule has 2 N–H and O–H groups in total. The lowest BCUT2D eigenvalue weighted by Gasteiger charge is -2.38. The Kier molecular flexibility index (Phi) is 6.07. The summed E-state index contributed by atoms with van der Waals surface area (Å²) in [6.45, 7) is 2.73. The Balaban J connectivity index is 1.53. The van der Waals surface area contributed by atoms with Crippen molar-refractivity contribution in [3.05, 3.63) is 48.7 Å². The lowest BCUT2D eigenvalue weighted by atomic mass is 9.97. The maximum atomic E-state index is 12.5. The molecule has 1 aliphatic rings. The van der Waals surface area contributed by atoms with Crippen LogP contribution in [0, 0.1) is 0 Å². The van der Waals surface area contributed by atoms with Crippen molar-refractivity contribution in [3.63, 3.8) is 0 Å². The monoisotopic (exact) mass is 355 g/mol. The van der Waals surface area contributed by atoms with Gasteiger partial charge in [0.05, 0.1) is 0 Å². The summed E-state index contributed by atoms with van der Waals surface area (Å²) in [6.07, 6.45) is 4.78. The van der Waals surface area contributed by atoms with Gasteiger partial charge in [0.1, 0.15) is 11.5 Å². The molecule has 0 aliphatic carbocycles. The van der Waals surface area contributed by atoms with Gasteiger partial charge in [-0.3, -0.25) is 4.79 Å². The van der Waals surface area contributed by atoms with Gasteiger partial charge in [-0.05, 0) is 56.5 Å². The van der Waals surface area contributed by atoms with Gasteiger partial charge in [-0.15, -0.1) is 0 Å². The number of pyridine rings is 1. The SMILES string of the molecule is CC(N)C1CCCCN1C(=O)COc1ccc(Oc2ccccn2)cc1. The predicted octanol–water partition coefficient (Wildman–Crippen LogP) is 2.98. The first-order valence-corrected chi connectivity index (χ1v) is 9.00. The number of piperidine rings is 1. The molecule has 0 spiro atoms. The van der Waals surface area contributed by atoms with Crippen molar-refractivity contribution in [1.82, 2.24) is 9.88 Å². The van der Waals surface area contributed by atoms with Crippen LogP contribution in [0.3, 0.4) is 0 Å². The first-order valence-electron chi connectivity index (χ1n) is 9.00. The molecule has 0 bridgehead atoms. The van der Waals surface area contributed by atoms with E-state index >= 15 is 0 Å². The molecular formula is C20H25N3O3. The average molecular weight is 355 g/mol. The molecule has 1 fully saturated rings. The van der Waals surface area contributed by atoms with E-state index in [9.17, 15) is 4.79 Å². The molecule has 0 radical (unpaired) electrons. The number of benzene rings is 1. The summed E-state index contributed by atoms with van der Waals surface area (Å²) in [6, 6.07) is 12.7. The molecular weight excluding hydrogens is 330 g/mol. The van der Waals surface area contributed by atoms with Crippen LogP contribution in [-0.2, 0) is 4.79 Å². The Labute approximate surface area is 153 Å². The van der Waals surface area contributed by atoms with Gasteiger partial charge in [0, 0.05) is 30.9 Å². The van der Waals surface area contributed by atoms with Crippen molar-refractivity contribution < 1.29 is 14.3 Å². The van der Waals surface area contributed by atoms with Crippen LogP contribution in [0.5, 0.6) is 17.4 Å². The van der Waals surface area contributed by atoms with E-state index in [1.54, 1.807) is 36.5 Å². The Morgan fingerprint density at radius 2 is 2.00 bits per heavy atom. The van der Waals surface area contributed by atoms with Crippen LogP contribution >= 0.6 is 0 Å². The molecule has 0 saturated carbocycles. The summed E-state index contributed by atoms with van der Waals surface area (Å²) in [7, 11) is 0. The second-order valence-corrected chi connectivity index (χ2v) is 6.54. The minimum atomic E-state index is -0.0257. The van der Waals surface area contributed by atoms with Crippen LogP contribution in [0.25, 0.3) is 0 Å². The maximum absolute atomic E-state index is 12.5. The van der Waals surface area contributed by atoms with E-state index in [4.69, 9.17) is 15.2 Å². The van der Waals surface area contributed by atoms with Gasteiger partial charge in [0.15, 0.2) is 6.61 Å². The van der Waals surface area contributed by atoms with Gasteiger partial charge < -0.3 is 20.1 Å². The highest BCUT2D eigenvalue weighted by atomic mass is 16.5. The Hall–Kier alpha value is -2.60. The molecule has 1 aromatic heterocycles. The number of carbonyl (C=O) groups is 1. The van der Waals surface area contributed by atoms with Crippen molar-refractivity contribution in [3.8, 4) is 17.4 Å². The Morgan fingerprint density at radius 3 is 2.69 bits per heavy atom. The van der Waals surface area contributed by atoms with Crippen molar-refractivity contribution in [2.24, 2.45) is 5.73 Å². The van der Waals surface area contributed by atoms with Crippen LogP contribution < -0.4 is 15.2 Å². The van der Waals surface area contributed by atoms with Gasteiger partial charge in [0.25, 0.3) is 5.91 Å². The van der Waals surface area contributed by atoms with E-state index in [1.165, 1.54) is 0 Å². The zero-order chi connectivity index (χ0) is 18.4. The summed E-state index contributed by atoms with van der Waals surface area (Å²) in [5.41, 5.74) is 6.03. The van der Waals surface area contributed by atoms with Crippen LogP contribution in [0.2, 0.25) is 0 Å². The average Bonchev–Trinajstić information content (AvgIpc) is 2.68. The molecule has 26 heavy (non-hydrogen) atoms. The van der Waals surface area contributed by atoms with E-state index in [1.807, 2.05) is 24.0 Å². The summed E-state index contributed by atoms with van der Waals surface area (Å²) < 4.78 is 11.3. The molecule has 6 heteroatoms. The van der Waals surface area contributed by atoms with Crippen molar-refractivity contribution >= 4 is 5.91 Å². The van der Waals surface area contributed by atoms with E-state index < -0.39 is 0 Å². The molecule has 6 nitrogen and oxygen atoms in total. The van der Waals surface area contributed by atoms with E-state index in [-0.39, 0.29) is 24.6 Å². The quantitative estimate of drug-likeness (QED) is 0.862. The number of hydrogen-bond donors (Lipinski definition) is 1. The van der Waals surface area contributed by atoms with Crippen molar-refractivity contribution in [1.29, 1.82) is 0 Å². The van der Waals surface area contributed by atoms with Crippen molar-refractivity contribution in [2.75, 3.05) is 13.2 Å². The lowest BCUT2D eigenvalue weighted by molar-refractivity contribution is -0.137. The van der Waals surface area contributed by atoms with Gasteiger partial charge in [-0.2, -0.15) is 0 Å². The molecule has 1 aromatic carbocycles. The summed E-state index contributed by atoms with van der Waals surface area (Å²) >= 11 is 0. The molecule has 1 saturated heterocycles. The lowest BCUT2D eigenvalue weighted by Crippen LogP contribution is -2.52. The Morgan fingerprint density at radius 1 is 1.23 bits per heavy atom. The van der Waals surface area contributed by atoms with Gasteiger partial charge in [-0.25, -0.2) is 4.98 Å². The largest absolute Gasteiger partial charge is 0.484 e. The predicted molar refractivity (Wildman–Crippen MR) is 99.2 cm³/mol.